The molecular formula is C14H27NO3S. The van der Waals surface area contributed by atoms with Crippen LogP contribution in [0.4, 0.5) is 0 Å². The SMILES string of the molecule is CCNC(CCC1CCCO1)C1CCCCS1(=O)=O. The highest BCUT2D eigenvalue weighted by Gasteiger charge is 2.35. The van der Waals surface area contributed by atoms with Crippen LogP contribution in [0.2, 0.25) is 0 Å². The van der Waals surface area contributed by atoms with Gasteiger partial charge < -0.3 is 10.1 Å². The van der Waals surface area contributed by atoms with Gasteiger partial charge in [0.2, 0.25) is 0 Å². The van der Waals surface area contributed by atoms with Crippen molar-refractivity contribution in [2.45, 2.75) is 69.3 Å². The summed E-state index contributed by atoms with van der Waals surface area (Å²) in [4.78, 5) is 0. The van der Waals surface area contributed by atoms with E-state index in [0.29, 0.717) is 11.9 Å². The fourth-order valence-corrected chi connectivity index (χ4v) is 5.52. The number of nitrogens with one attached hydrogen (secondary N) is 1. The maximum Gasteiger partial charge on any atom is 0.154 e. The Morgan fingerprint density at radius 1 is 1.26 bits per heavy atom. The average molecular weight is 289 g/mol. The molecule has 3 atom stereocenters. The lowest BCUT2D eigenvalue weighted by molar-refractivity contribution is 0.0993. The van der Waals surface area contributed by atoms with E-state index >= 15 is 0 Å². The van der Waals surface area contributed by atoms with Crippen molar-refractivity contribution in [2.24, 2.45) is 0 Å². The average Bonchev–Trinajstić information content (AvgIpc) is 2.87. The number of hydrogen-bond acceptors (Lipinski definition) is 4. The molecule has 1 N–H and O–H groups in total. The second kappa shape index (κ2) is 7.04. The van der Waals surface area contributed by atoms with E-state index < -0.39 is 9.84 Å². The molecule has 112 valence electrons. The fraction of sp³-hybridized carbons (Fsp3) is 1.00. The van der Waals surface area contributed by atoms with Crippen LogP contribution in [-0.4, -0.2) is 44.7 Å². The van der Waals surface area contributed by atoms with E-state index in [4.69, 9.17) is 4.74 Å². The quantitative estimate of drug-likeness (QED) is 0.811. The zero-order valence-electron chi connectivity index (χ0n) is 11.9. The molecule has 2 heterocycles. The summed E-state index contributed by atoms with van der Waals surface area (Å²) in [6.45, 7) is 3.76. The highest BCUT2D eigenvalue weighted by atomic mass is 32.2. The van der Waals surface area contributed by atoms with Gasteiger partial charge in [-0.1, -0.05) is 13.3 Å². The van der Waals surface area contributed by atoms with Gasteiger partial charge in [0, 0.05) is 12.6 Å². The smallest absolute Gasteiger partial charge is 0.154 e. The largest absolute Gasteiger partial charge is 0.378 e. The molecule has 0 aromatic rings. The van der Waals surface area contributed by atoms with Crippen molar-refractivity contribution >= 4 is 9.84 Å². The molecule has 4 nitrogen and oxygen atoms in total. The van der Waals surface area contributed by atoms with Crippen LogP contribution in [0.15, 0.2) is 0 Å². The maximum atomic E-state index is 12.2. The van der Waals surface area contributed by atoms with Crippen LogP contribution in [0, 0.1) is 0 Å². The molecule has 2 aliphatic heterocycles. The molecule has 0 spiro atoms. The van der Waals surface area contributed by atoms with Gasteiger partial charge in [0.15, 0.2) is 9.84 Å². The van der Waals surface area contributed by atoms with Crippen molar-refractivity contribution in [1.29, 1.82) is 0 Å². The van der Waals surface area contributed by atoms with E-state index in [0.717, 1.165) is 58.1 Å². The van der Waals surface area contributed by atoms with Crippen molar-refractivity contribution in [1.82, 2.24) is 5.32 Å². The first kappa shape index (κ1) is 15.3. The van der Waals surface area contributed by atoms with Gasteiger partial charge in [-0.3, -0.25) is 0 Å². The predicted molar refractivity (Wildman–Crippen MR) is 77.1 cm³/mol. The lowest BCUT2D eigenvalue weighted by atomic mass is 10.00. The molecule has 0 aromatic carbocycles. The second-order valence-electron chi connectivity index (χ2n) is 5.78. The lowest BCUT2D eigenvalue weighted by Gasteiger charge is -2.31. The molecule has 0 bridgehead atoms. The minimum absolute atomic E-state index is 0.111. The molecule has 0 aliphatic carbocycles. The van der Waals surface area contributed by atoms with Crippen LogP contribution < -0.4 is 5.32 Å². The first-order valence-corrected chi connectivity index (χ1v) is 9.41. The van der Waals surface area contributed by atoms with Crippen molar-refractivity contribution < 1.29 is 13.2 Å². The molecule has 2 rings (SSSR count). The Bertz CT molecular complexity index is 363. The normalized spacial score (nSPS) is 32.3. The summed E-state index contributed by atoms with van der Waals surface area (Å²) in [6.07, 6.45) is 7.26. The summed E-state index contributed by atoms with van der Waals surface area (Å²) in [5, 5.41) is 3.22. The molecule has 3 unspecified atom stereocenters. The molecule has 19 heavy (non-hydrogen) atoms. The van der Waals surface area contributed by atoms with Gasteiger partial charge in [0.1, 0.15) is 0 Å². The summed E-state index contributed by atoms with van der Waals surface area (Å²) in [6, 6.07) is 0.111. The number of hydrogen-bond donors (Lipinski definition) is 1. The second-order valence-corrected chi connectivity index (χ2v) is 8.12. The third kappa shape index (κ3) is 4.17. The summed E-state index contributed by atoms with van der Waals surface area (Å²) in [5.74, 6) is 0.374. The molecule has 0 saturated carbocycles. The molecule has 0 aromatic heterocycles. The third-order valence-corrected chi connectivity index (χ3v) is 6.71. The van der Waals surface area contributed by atoms with Crippen molar-refractivity contribution in [3.8, 4) is 0 Å². The highest BCUT2D eigenvalue weighted by molar-refractivity contribution is 7.92. The monoisotopic (exact) mass is 289 g/mol. The van der Waals surface area contributed by atoms with Gasteiger partial charge in [-0.05, 0) is 45.1 Å². The topological polar surface area (TPSA) is 55.4 Å². The fourth-order valence-electron chi connectivity index (χ4n) is 3.35. The van der Waals surface area contributed by atoms with Crippen molar-refractivity contribution in [3.63, 3.8) is 0 Å². The molecule has 2 aliphatic rings. The van der Waals surface area contributed by atoms with Crippen LogP contribution in [0.1, 0.15) is 51.9 Å². The van der Waals surface area contributed by atoms with Crippen LogP contribution in [0.5, 0.6) is 0 Å². The van der Waals surface area contributed by atoms with E-state index in [-0.39, 0.29) is 11.3 Å². The first-order valence-electron chi connectivity index (χ1n) is 7.70. The van der Waals surface area contributed by atoms with Gasteiger partial charge in [0.05, 0.1) is 17.1 Å². The minimum atomic E-state index is -2.89. The number of ether oxygens (including phenoxy) is 1. The zero-order valence-corrected chi connectivity index (χ0v) is 12.8. The Hall–Kier alpha value is -0.130. The van der Waals surface area contributed by atoms with E-state index in [9.17, 15) is 8.42 Å². The Balaban J connectivity index is 1.93. The first-order chi connectivity index (χ1) is 9.13. The summed E-state index contributed by atoms with van der Waals surface area (Å²) < 4.78 is 30.1. The Kier molecular flexibility index (Phi) is 5.66. The van der Waals surface area contributed by atoms with Crippen LogP contribution in [0.25, 0.3) is 0 Å². The van der Waals surface area contributed by atoms with Crippen LogP contribution in [-0.2, 0) is 14.6 Å². The molecule has 2 fully saturated rings. The third-order valence-electron chi connectivity index (χ3n) is 4.37. The minimum Gasteiger partial charge on any atom is -0.378 e. The zero-order chi connectivity index (χ0) is 13.7. The molecule has 2 saturated heterocycles. The predicted octanol–water partition coefficient (Wildman–Crippen LogP) is 1.89. The summed E-state index contributed by atoms with van der Waals surface area (Å²) in [7, 11) is -2.89. The Labute approximate surface area is 117 Å². The van der Waals surface area contributed by atoms with Gasteiger partial charge in [-0.15, -0.1) is 0 Å². The van der Waals surface area contributed by atoms with Gasteiger partial charge in [0.25, 0.3) is 0 Å². The molecule has 0 radical (unpaired) electrons. The van der Waals surface area contributed by atoms with Crippen LogP contribution in [0.3, 0.4) is 0 Å². The van der Waals surface area contributed by atoms with Crippen LogP contribution >= 0.6 is 0 Å². The maximum absolute atomic E-state index is 12.2. The standard InChI is InChI=1S/C14H27NO3S/c1-2-15-13(9-8-12-6-5-10-18-12)14-7-3-4-11-19(14,16)17/h12-15H,2-11H2,1H3. The Morgan fingerprint density at radius 3 is 2.74 bits per heavy atom. The van der Waals surface area contributed by atoms with E-state index in [1.807, 2.05) is 0 Å². The molecule has 5 heteroatoms. The van der Waals surface area contributed by atoms with Crippen molar-refractivity contribution in [3.05, 3.63) is 0 Å². The molecular weight excluding hydrogens is 262 g/mol. The summed E-state index contributed by atoms with van der Waals surface area (Å²) in [5.41, 5.74) is 0. The van der Waals surface area contributed by atoms with Crippen molar-refractivity contribution in [2.75, 3.05) is 18.9 Å². The lowest BCUT2D eigenvalue weighted by Crippen LogP contribution is -2.47. The number of sulfone groups is 1. The van der Waals surface area contributed by atoms with Gasteiger partial charge >= 0.3 is 0 Å². The van der Waals surface area contributed by atoms with E-state index in [1.165, 1.54) is 0 Å². The van der Waals surface area contributed by atoms with E-state index in [2.05, 4.69) is 12.2 Å². The van der Waals surface area contributed by atoms with E-state index in [1.54, 1.807) is 0 Å². The highest BCUT2D eigenvalue weighted by Crippen LogP contribution is 2.26. The Morgan fingerprint density at radius 2 is 2.11 bits per heavy atom. The molecule has 0 amide bonds. The summed E-state index contributed by atoms with van der Waals surface area (Å²) >= 11 is 0. The van der Waals surface area contributed by atoms with Gasteiger partial charge in [-0.2, -0.15) is 0 Å². The number of rotatable bonds is 6. The van der Waals surface area contributed by atoms with Gasteiger partial charge in [-0.25, -0.2) is 8.42 Å².